The zero-order valence-corrected chi connectivity index (χ0v) is 19.7. The lowest BCUT2D eigenvalue weighted by Gasteiger charge is -2.35. The van der Waals surface area contributed by atoms with Gasteiger partial charge in [-0.3, -0.25) is 14.6 Å². The molecule has 1 aliphatic carbocycles. The van der Waals surface area contributed by atoms with Gasteiger partial charge < -0.3 is 14.0 Å². The van der Waals surface area contributed by atoms with Gasteiger partial charge in [0, 0.05) is 19.5 Å². The predicted molar refractivity (Wildman–Crippen MR) is 131 cm³/mol. The highest BCUT2D eigenvalue weighted by Gasteiger charge is 2.49. The van der Waals surface area contributed by atoms with Crippen molar-refractivity contribution in [1.82, 2.24) is 14.5 Å². The number of hydrogen-bond donors (Lipinski definition) is 0. The Labute approximate surface area is 203 Å². The van der Waals surface area contributed by atoms with E-state index < -0.39 is 0 Å². The van der Waals surface area contributed by atoms with E-state index in [1.54, 1.807) is 0 Å². The third-order valence-electron chi connectivity index (χ3n) is 7.52. The SMILES string of the molecule is CCN1C(=O)c2c(nc(Cc3ccccc3)n2Cc2ccc3c(c2)OCO3)N2C1=N[C@@H]1CCC[C@@H]12. The van der Waals surface area contributed by atoms with E-state index in [2.05, 4.69) is 21.6 Å². The third-order valence-corrected chi connectivity index (χ3v) is 7.52. The molecule has 8 heteroatoms. The molecule has 1 saturated carbocycles. The van der Waals surface area contributed by atoms with Crippen molar-refractivity contribution in [3.63, 3.8) is 0 Å². The maximum atomic E-state index is 13.9. The zero-order valence-electron chi connectivity index (χ0n) is 19.7. The van der Waals surface area contributed by atoms with E-state index in [0.717, 1.165) is 59.5 Å². The van der Waals surface area contributed by atoms with Crippen LogP contribution in [0.2, 0.25) is 0 Å². The molecule has 4 aliphatic rings. The molecule has 0 spiro atoms. The smallest absolute Gasteiger partial charge is 0.281 e. The van der Waals surface area contributed by atoms with Crippen molar-refractivity contribution >= 4 is 17.7 Å². The molecule has 8 nitrogen and oxygen atoms in total. The molecule has 178 valence electrons. The van der Waals surface area contributed by atoms with E-state index in [9.17, 15) is 4.79 Å². The second kappa shape index (κ2) is 7.86. The molecule has 1 fully saturated rings. The van der Waals surface area contributed by atoms with Crippen molar-refractivity contribution in [2.45, 2.75) is 51.2 Å². The van der Waals surface area contributed by atoms with Crippen molar-refractivity contribution < 1.29 is 14.3 Å². The number of benzene rings is 2. The van der Waals surface area contributed by atoms with Crippen LogP contribution in [0.3, 0.4) is 0 Å². The highest BCUT2D eigenvalue weighted by molar-refractivity contribution is 6.18. The minimum atomic E-state index is -0.0231. The molecule has 4 heterocycles. The average Bonchev–Trinajstić information content (AvgIpc) is 3.64. The number of guanidine groups is 1. The van der Waals surface area contributed by atoms with Gasteiger partial charge in [-0.05, 0) is 49.4 Å². The molecule has 1 amide bonds. The maximum absolute atomic E-state index is 13.9. The van der Waals surface area contributed by atoms with E-state index in [4.69, 9.17) is 19.5 Å². The number of rotatable bonds is 5. The highest BCUT2D eigenvalue weighted by Crippen LogP contribution is 2.41. The van der Waals surface area contributed by atoms with Gasteiger partial charge in [-0.15, -0.1) is 0 Å². The van der Waals surface area contributed by atoms with Crippen LogP contribution in [0.15, 0.2) is 53.5 Å². The molecular weight excluding hydrogens is 442 g/mol. The van der Waals surface area contributed by atoms with E-state index in [-0.39, 0.29) is 24.8 Å². The predicted octanol–water partition coefficient (Wildman–Crippen LogP) is 3.82. The molecule has 2 aromatic carbocycles. The first-order valence-corrected chi connectivity index (χ1v) is 12.4. The topological polar surface area (TPSA) is 72.2 Å². The number of aliphatic imine (C=N–C) groups is 1. The number of nitrogens with zero attached hydrogens (tertiary/aromatic N) is 5. The zero-order chi connectivity index (χ0) is 23.5. The Morgan fingerprint density at radius 2 is 1.89 bits per heavy atom. The molecule has 0 unspecified atom stereocenters. The fourth-order valence-corrected chi connectivity index (χ4v) is 5.86. The average molecular weight is 470 g/mol. The van der Waals surface area contributed by atoms with Crippen LogP contribution in [0, 0.1) is 0 Å². The molecule has 2 atom stereocenters. The Balaban J connectivity index is 1.37. The number of amides is 1. The summed E-state index contributed by atoms with van der Waals surface area (Å²) in [4.78, 5) is 28.1. The van der Waals surface area contributed by atoms with Gasteiger partial charge >= 0.3 is 0 Å². The number of carbonyl (C=O) groups is 1. The standard InChI is InChI=1S/C27H27N5O3/c1-2-30-26(33)24-25(32-20-10-6-9-19(20)28-27(30)32)29-23(14-17-7-4-3-5-8-17)31(24)15-18-11-12-21-22(13-18)35-16-34-21/h3-5,7-8,11-13,19-20H,2,6,9-10,14-16H2,1H3/t19-,20+/m1/s1. The van der Waals surface area contributed by atoms with Crippen molar-refractivity contribution in [1.29, 1.82) is 0 Å². The molecule has 3 aromatic rings. The summed E-state index contributed by atoms with van der Waals surface area (Å²) < 4.78 is 13.2. The Kier molecular flexibility index (Phi) is 4.62. The van der Waals surface area contributed by atoms with Gasteiger partial charge in [0.05, 0.1) is 12.1 Å². The van der Waals surface area contributed by atoms with Crippen LogP contribution in [0.5, 0.6) is 11.5 Å². The molecule has 1 aromatic heterocycles. The lowest BCUT2D eigenvalue weighted by molar-refractivity contribution is 0.0835. The van der Waals surface area contributed by atoms with Crippen molar-refractivity contribution in [2.75, 3.05) is 18.2 Å². The van der Waals surface area contributed by atoms with Crippen LogP contribution in [0.1, 0.15) is 53.6 Å². The number of hydrogen-bond acceptors (Lipinski definition) is 6. The number of imidazole rings is 1. The summed E-state index contributed by atoms with van der Waals surface area (Å²) in [6.07, 6.45) is 3.95. The Hall–Kier alpha value is -3.81. The summed E-state index contributed by atoms with van der Waals surface area (Å²) in [5.74, 6) is 3.89. The summed E-state index contributed by atoms with van der Waals surface area (Å²) in [7, 11) is 0. The fourth-order valence-electron chi connectivity index (χ4n) is 5.86. The first-order valence-electron chi connectivity index (χ1n) is 12.4. The van der Waals surface area contributed by atoms with Gasteiger partial charge in [-0.1, -0.05) is 36.4 Å². The van der Waals surface area contributed by atoms with E-state index in [1.807, 2.05) is 48.2 Å². The van der Waals surface area contributed by atoms with Crippen molar-refractivity contribution in [2.24, 2.45) is 4.99 Å². The van der Waals surface area contributed by atoms with E-state index in [1.165, 1.54) is 0 Å². The van der Waals surface area contributed by atoms with Crippen LogP contribution in [0.4, 0.5) is 5.82 Å². The number of anilines is 1. The summed E-state index contributed by atoms with van der Waals surface area (Å²) >= 11 is 0. The van der Waals surface area contributed by atoms with E-state index in [0.29, 0.717) is 25.2 Å². The van der Waals surface area contributed by atoms with Gasteiger partial charge in [0.1, 0.15) is 5.82 Å². The van der Waals surface area contributed by atoms with Gasteiger partial charge in [-0.2, -0.15) is 0 Å². The second-order valence-electron chi connectivity index (χ2n) is 9.55. The van der Waals surface area contributed by atoms with Gasteiger partial charge in [-0.25, -0.2) is 9.98 Å². The summed E-state index contributed by atoms with van der Waals surface area (Å²) in [6.45, 7) is 3.36. The Morgan fingerprint density at radius 3 is 2.74 bits per heavy atom. The monoisotopic (exact) mass is 469 g/mol. The van der Waals surface area contributed by atoms with Gasteiger partial charge in [0.25, 0.3) is 5.91 Å². The normalized spacial score (nSPS) is 21.7. The summed E-state index contributed by atoms with van der Waals surface area (Å²) in [5, 5.41) is 0. The molecule has 3 aliphatic heterocycles. The first-order chi connectivity index (χ1) is 17.2. The Morgan fingerprint density at radius 1 is 1.03 bits per heavy atom. The number of fused-ring (bicyclic) bond motifs is 6. The molecule has 0 saturated heterocycles. The van der Waals surface area contributed by atoms with Crippen LogP contribution in [-0.2, 0) is 13.0 Å². The lowest BCUT2D eigenvalue weighted by atomic mass is 10.1. The van der Waals surface area contributed by atoms with E-state index >= 15 is 0 Å². The van der Waals surface area contributed by atoms with Crippen molar-refractivity contribution in [3.05, 3.63) is 71.2 Å². The van der Waals surface area contributed by atoms with Crippen LogP contribution in [0.25, 0.3) is 0 Å². The quantitative estimate of drug-likeness (QED) is 0.568. The third kappa shape index (κ3) is 3.16. The second-order valence-corrected chi connectivity index (χ2v) is 9.55. The lowest BCUT2D eigenvalue weighted by Crippen LogP contribution is -2.53. The molecule has 0 bridgehead atoms. The molecule has 7 rings (SSSR count). The molecule has 35 heavy (non-hydrogen) atoms. The first kappa shape index (κ1) is 20.6. The number of aromatic nitrogens is 2. The highest BCUT2D eigenvalue weighted by atomic mass is 16.7. The summed E-state index contributed by atoms with van der Waals surface area (Å²) in [5.41, 5.74) is 2.86. The molecular formula is C27H27N5O3. The van der Waals surface area contributed by atoms with Gasteiger partial charge in [0.2, 0.25) is 12.8 Å². The fraction of sp³-hybridized carbons (Fsp3) is 0.370. The Bertz CT molecular complexity index is 1350. The maximum Gasteiger partial charge on any atom is 0.281 e. The molecule has 0 N–H and O–H groups in total. The number of carbonyl (C=O) groups excluding carboxylic acids is 1. The minimum absolute atomic E-state index is 0.0231. The largest absolute Gasteiger partial charge is 0.454 e. The molecule has 0 radical (unpaired) electrons. The van der Waals surface area contributed by atoms with Crippen LogP contribution in [-0.4, -0.2) is 51.7 Å². The van der Waals surface area contributed by atoms with Gasteiger partial charge in [0.15, 0.2) is 23.0 Å². The van der Waals surface area contributed by atoms with Crippen LogP contribution >= 0.6 is 0 Å². The minimum Gasteiger partial charge on any atom is -0.454 e. The van der Waals surface area contributed by atoms with Crippen molar-refractivity contribution in [3.8, 4) is 11.5 Å². The van der Waals surface area contributed by atoms with Crippen LogP contribution < -0.4 is 14.4 Å². The number of ether oxygens (including phenoxy) is 2. The summed E-state index contributed by atoms with van der Waals surface area (Å²) in [6, 6.07) is 16.8.